The zero-order valence-corrected chi connectivity index (χ0v) is 14.6. The first-order valence-electron chi connectivity index (χ1n) is 7.06. The Morgan fingerprint density at radius 3 is 2.33 bits per heavy atom. The van der Waals surface area contributed by atoms with E-state index in [9.17, 15) is 4.79 Å². The molecule has 0 fully saturated rings. The Hall–Kier alpha value is -1.14. The van der Waals surface area contributed by atoms with Crippen molar-refractivity contribution >= 4 is 17.7 Å². The van der Waals surface area contributed by atoms with Gasteiger partial charge < -0.3 is 10.1 Å². The minimum atomic E-state index is -0.630. The molecule has 0 aliphatic carbocycles. The molecule has 0 saturated carbocycles. The van der Waals surface area contributed by atoms with Gasteiger partial charge >= 0.3 is 5.97 Å². The van der Waals surface area contributed by atoms with E-state index in [1.807, 2.05) is 27.7 Å². The van der Waals surface area contributed by atoms with Crippen LogP contribution in [0.4, 0.5) is 0 Å². The highest BCUT2D eigenvalue weighted by Crippen LogP contribution is 2.21. The summed E-state index contributed by atoms with van der Waals surface area (Å²) in [4.78, 5) is 20.7. The minimum Gasteiger partial charge on any atom is -0.468 e. The smallest absolute Gasteiger partial charge is 0.325 e. The molecule has 1 atom stereocenters. The van der Waals surface area contributed by atoms with Gasteiger partial charge in [0.1, 0.15) is 5.54 Å². The number of aryl methyl sites for hydroxylation is 2. The summed E-state index contributed by atoms with van der Waals surface area (Å²) in [5, 5.41) is 3.84. The van der Waals surface area contributed by atoms with Crippen molar-refractivity contribution in [3.63, 3.8) is 0 Å². The number of esters is 1. The predicted molar refractivity (Wildman–Crippen MR) is 85.7 cm³/mol. The fourth-order valence-electron chi connectivity index (χ4n) is 1.95. The number of nitrogens with zero attached hydrogens (tertiary/aromatic N) is 2. The molecule has 118 valence electrons. The van der Waals surface area contributed by atoms with Crippen molar-refractivity contribution in [2.24, 2.45) is 0 Å². The molecule has 1 aromatic rings. The van der Waals surface area contributed by atoms with Crippen LogP contribution in [-0.4, -0.2) is 41.4 Å². The molecule has 0 radical (unpaired) electrons. The number of methoxy groups -OCH3 is 1. The van der Waals surface area contributed by atoms with Gasteiger partial charge in [0.2, 0.25) is 0 Å². The summed E-state index contributed by atoms with van der Waals surface area (Å²) in [6.07, 6.45) is 1.60. The Balaban J connectivity index is 2.53. The Labute approximate surface area is 131 Å². The van der Waals surface area contributed by atoms with Gasteiger partial charge in [-0.1, -0.05) is 11.8 Å². The minimum absolute atomic E-state index is 0.228. The first kappa shape index (κ1) is 17.9. The molecule has 1 N–H and O–H groups in total. The average molecular weight is 311 g/mol. The van der Waals surface area contributed by atoms with Crippen LogP contribution in [0.2, 0.25) is 0 Å². The van der Waals surface area contributed by atoms with Gasteiger partial charge in [-0.3, -0.25) is 4.79 Å². The Morgan fingerprint density at radius 2 is 1.86 bits per heavy atom. The molecule has 0 spiro atoms. The quantitative estimate of drug-likeness (QED) is 0.361. The lowest BCUT2D eigenvalue weighted by Crippen LogP contribution is -2.48. The molecular weight excluding hydrogens is 286 g/mol. The van der Waals surface area contributed by atoms with E-state index < -0.39 is 5.54 Å². The maximum Gasteiger partial charge on any atom is 0.325 e. The Kier molecular flexibility index (Phi) is 6.61. The van der Waals surface area contributed by atoms with Crippen molar-refractivity contribution < 1.29 is 9.53 Å². The summed E-state index contributed by atoms with van der Waals surface area (Å²) in [7, 11) is 3.19. The third kappa shape index (κ3) is 4.68. The summed E-state index contributed by atoms with van der Waals surface area (Å²) < 4.78 is 4.83. The van der Waals surface area contributed by atoms with Gasteiger partial charge in [-0.15, -0.1) is 0 Å². The van der Waals surface area contributed by atoms with Crippen LogP contribution in [0.5, 0.6) is 0 Å². The number of carbonyl (C=O) groups excluding carboxylic acids is 1. The highest BCUT2D eigenvalue weighted by molar-refractivity contribution is 7.99. The van der Waals surface area contributed by atoms with Crippen LogP contribution >= 0.6 is 11.8 Å². The molecule has 0 amide bonds. The molecule has 0 aliphatic heterocycles. The lowest BCUT2D eigenvalue weighted by atomic mass is 9.97. The van der Waals surface area contributed by atoms with E-state index in [1.165, 1.54) is 7.11 Å². The highest BCUT2D eigenvalue weighted by atomic mass is 32.2. The van der Waals surface area contributed by atoms with Gasteiger partial charge in [-0.2, -0.15) is 0 Å². The summed E-state index contributed by atoms with van der Waals surface area (Å²) in [5.74, 6) is 0.643. The first-order valence-corrected chi connectivity index (χ1v) is 8.04. The molecule has 0 aromatic carbocycles. The Bertz CT molecular complexity index is 485. The maximum absolute atomic E-state index is 11.7. The van der Waals surface area contributed by atoms with Gasteiger partial charge in [0.05, 0.1) is 7.11 Å². The number of rotatable bonds is 7. The number of ether oxygens (including phenoxy) is 1. The van der Waals surface area contributed by atoms with Crippen molar-refractivity contribution in [1.82, 2.24) is 15.3 Å². The molecule has 1 unspecified atom stereocenters. The number of likely N-dealkylation sites (N-methyl/N-ethyl adjacent to an activating group) is 1. The van der Waals surface area contributed by atoms with Crippen LogP contribution in [0.1, 0.15) is 36.7 Å². The summed E-state index contributed by atoms with van der Waals surface area (Å²) in [6, 6.07) is 0. The van der Waals surface area contributed by atoms with Crippen LogP contribution < -0.4 is 5.32 Å². The molecule has 6 heteroatoms. The zero-order valence-electron chi connectivity index (χ0n) is 13.7. The number of carbonyl (C=O) groups is 1. The second kappa shape index (κ2) is 7.75. The van der Waals surface area contributed by atoms with Crippen molar-refractivity contribution in [2.75, 3.05) is 19.9 Å². The van der Waals surface area contributed by atoms with E-state index in [2.05, 4.69) is 15.3 Å². The largest absolute Gasteiger partial charge is 0.468 e. The number of hydrogen-bond donors (Lipinski definition) is 1. The van der Waals surface area contributed by atoms with Gasteiger partial charge in [0.25, 0.3) is 0 Å². The van der Waals surface area contributed by atoms with E-state index in [-0.39, 0.29) is 5.97 Å². The molecule has 0 bridgehead atoms. The second-order valence-electron chi connectivity index (χ2n) is 5.33. The van der Waals surface area contributed by atoms with Gasteiger partial charge in [-0.25, -0.2) is 9.97 Å². The normalized spacial score (nSPS) is 13.8. The number of hydrogen-bond acceptors (Lipinski definition) is 6. The fourth-order valence-corrected chi connectivity index (χ4v) is 2.82. The summed E-state index contributed by atoms with van der Waals surface area (Å²) >= 11 is 1.63. The van der Waals surface area contributed by atoms with Crippen LogP contribution in [0.3, 0.4) is 0 Å². The second-order valence-corrected chi connectivity index (χ2v) is 6.39. The maximum atomic E-state index is 11.7. The molecule has 1 aromatic heterocycles. The van der Waals surface area contributed by atoms with E-state index in [0.717, 1.165) is 34.3 Å². The molecule has 1 heterocycles. The van der Waals surface area contributed by atoms with E-state index in [0.29, 0.717) is 6.42 Å². The molecule has 0 aliphatic rings. The fraction of sp³-hybridized carbons (Fsp3) is 0.667. The lowest BCUT2D eigenvalue weighted by molar-refractivity contribution is -0.148. The predicted octanol–water partition coefficient (Wildman–Crippen LogP) is 2.43. The van der Waals surface area contributed by atoms with E-state index in [1.54, 1.807) is 18.8 Å². The average Bonchev–Trinajstić information content (AvgIpc) is 2.47. The molecule has 0 saturated heterocycles. The molecule has 1 rings (SSSR count). The highest BCUT2D eigenvalue weighted by Gasteiger charge is 2.31. The SMILES string of the molecule is CNC(C)(CCCSc1nc(C)c(C)c(C)n1)C(=O)OC. The topological polar surface area (TPSA) is 64.1 Å². The van der Waals surface area contributed by atoms with Crippen molar-refractivity contribution in [2.45, 2.75) is 51.2 Å². The van der Waals surface area contributed by atoms with E-state index in [4.69, 9.17) is 4.74 Å². The lowest BCUT2D eigenvalue weighted by Gasteiger charge is -2.25. The van der Waals surface area contributed by atoms with Gasteiger partial charge in [0, 0.05) is 17.1 Å². The standard InChI is InChI=1S/C15H25N3O2S/c1-10-11(2)17-14(18-12(10)3)21-9-7-8-15(4,16-5)13(19)20-6/h16H,7-9H2,1-6H3. The molecular formula is C15H25N3O2S. The van der Waals surface area contributed by atoms with Crippen molar-refractivity contribution in [3.05, 3.63) is 17.0 Å². The molecule has 21 heavy (non-hydrogen) atoms. The van der Waals surface area contributed by atoms with Crippen LogP contribution in [0.15, 0.2) is 5.16 Å². The van der Waals surface area contributed by atoms with E-state index >= 15 is 0 Å². The zero-order chi connectivity index (χ0) is 16.0. The first-order chi connectivity index (χ1) is 9.84. The molecule has 5 nitrogen and oxygen atoms in total. The third-order valence-electron chi connectivity index (χ3n) is 3.85. The summed E-state index contributed by atoms with van der Waals surface area (Å²) in [6.45, 7) is 7.90. The number of aromatic nitrogens is 2. The number of thioether (sulfide) groups is 1. The van der Waals surface area contributed by atoms with Crippen LogP contribution in [-0.2, 0) is 9.53 Å². The van der Waals surface area contributed by atoms with Crippen molar-refractivity contribution in [3.8, 4) is 0 Å². The van der Waals surface area contributed by atoms with Crippen molar-refractivity contribution in [1.29, 1.82) is 0 Å². The van der Waals surface area contributed by atoms with Crippen LogP contribution in [0.25, 0.3) is 0 Å². The summed E-state index contributed by atoms with van der Waals surface area (Å²) in [5.41, 5.74) is 2.57. The van der Waals surface area contributed by atoms with Gasteiger partial charge in [0.15, 0.2) is 5.16 Å². The third-order valence-corrected chi connectivity index (χ3v) is 4.79. The van der Waals surface area contributed by atoms with Gasteiger partial charge in [-0.05, 0) is 53.1 Å². The Morgan fingerprint density at radius 1 is 1.29 bits per heavy atom. The van der Waals surface area contributed by atoms with Crippen LogP contribution in [0, 0.1) is 20.8 Å². The number of nitrogens with one attached hydrogen (secondary N) is 1. The monoisotopic (exact) mass is 311 g/mol.